The Morgan fingerprint density at radius 3 is 1.30 bits per heavy atom. The number of hydrogen-bond acceptors (Lipinski definition) is 8. The van der Waals surface area contributed by atoms with Crippen molar-refractivity contribution < 1.29 is 8.83 Å². The molecule has 4 aromatic heterocycles. The Bertz CT molecular complexity index is 3120. The van der Waals surface area contributed by atoms with E-state index >= 15 is 0 Å². The van der Waals surface area contributed by atoms with Crippen LogP contribution in [-0.4, -0.2) is 29.9 Å². The molecule has 0 fully saturated rings. The van der Waals surface area contributed by atoms with Crippen molar-refractivity contribution >= 4 is 43.9 Å². The maximum absolute atomic E-state index is 6.56. The lowest BCUT2D eigenvalue weighted by Gasteiger charge is -2.13. The van der Waals surface area contributed by atoms with Crippen LogP contribution in [0.5, 0.6) is 0 Å². The van der Waals surface area contributed by atoms with E-state index in [0.29, 0.717) is 23.3 Å². The average Bonchev–Trinajstić information content (AvgIpc) is 3.86. The van der Waals surface area contributed by atoms with E-state index in [2.05, 4.69) is 81.7 Å². The summed E-state index contributed by atoms with van der Waals surface area (Å²) in [5.74, 6) is 2.24. The minimum absolute atomic E-state index is 0.534. The summed E-state index contributed by atoms with van der Waals surface area (Å²) >= 11 is 0. The molecule has 0 aliphatic heterocycles. The molecule has 0 aliphatic carbocycles. The first kappa shape index (κ1) is 31.7. The van der Waals surface area contributed by atoms with Crippen molar-refractivity contribution in [1.82, 2.24) is 29.9 Å². The molecule has 0 saturated carbocycles. The van der Waals surface area contributed by atoms with Gasteiger partial charge in [0.25, 0.3) is 0 Å². The first-order valence-electron chi connectivity index (χ1n) is 18.2. The Balaban J connectivity index is 1.15. The van der Waals surface area contributed by atoms with Crippen molar-refractivity contribution in [3.8, 4) is 67.8 Å². The third-order valence-corrected chi connectivity index (χ3v) is 10.2. The van der Waals surface area contributed by atoms with Crippen molar-refractivity contribution in [3.05, 3.63) is 170 Å². The van der Waals surface area contributed by atoms with E-state index in [9.17, 15) is 0 Å². The van der Waals surface area contributed by atoms with Gasteiger partial charge in [-0.05, 0) is 41.5 Å². The largest absolute Gasteiger partial charge is 0.455 e. The molecule has 0 bridgehead atoms. The summed E-state index contributed by atoms with van der Waals surface area (Å²) in [4.78, 5) is 27.9. The summed E-state index contributed by atoms with van der Waals surface area (Å²) in [6.07, 6.45) is 2.98. The summed E-state index contributed by atoms with van der Waals surface area (Å²) in [5, 5.41) is 4.26. The number of aromatic nitrogens is 6. The first-order valence-corrected chi connectivity index (χ1v) is 18.2. The molecule has 0 saturated heterocycles. The molecule has 0 radical (unpaired) electrons. The summed E-state index contributed by atoms with van der Waals surface area (Å²) < 4.78 is 13.1. The van der Waals surface area contributed by atoms with Gasteiger partial charge < -0.3 is 8.83 Å². The fraction of sp³-hybridized carbons (Fsp3) is 0. The number of rotatable bonds is 6. The van der Waals surface area contributed by atoms with Crippen LogP contribution >= 0.6 is 0 Å². The van der Waals surface area contributed by atoms with Crippen LogP contribution in [0.15, 0.2) is 179 Å². The van der Waals surface area contributed by atoms with E-state index in [1.54, 1.807) is 0 Å². The van der Waals surface area contributed by atoms with Crippen LogP contribution in [0.4, 0.5) is 0 Å². The van der Waals surface area contributed by atoms with Gasteiger partial charge in [-0.2, -0.15) is 0 Å². The fourth-order valence-electron chi connectivity index (χ4n) is 7.52. The highest BCUT2D eigenvalue weighted by Crippen LogP contribution is 2.42. The number of nitrogens with zero attached hydrogens (tertiary/aromatic N) is 6. The van der Waals surface area contributed by atoms with E-state index in [0.717, 1.165) is 88.4 Å². The van der Waals surface area contributed by atoms with Gasteiger partial charge in [0.1, 0.15) is 35.0 Å². The summed E-state index contributed by atoms with van der Waals surface area (Å²) in [5.41, 5.74) is 10.6. The lowest BCUT2D eigenvalue weighted by molar-refractivity contribution is 0.670. The van der Waals surface area contributed by atoms with Crippen molar-refractivity contribution in [1.29, 1.82) is 0 Å². The molecule has 0 unspecified atom stereocenters. The van der Waals surface area contributed by atoms with E-state index in [4.69, 9.17) is 23.8 Å². The first-order chi connectivity index (χ1) is 27.7. The molecule has 56 heavy (non-hydrogen) atoms. The molecular formula is C48H28N6O2. The Morgan fingerprint density at radius 1 is 0.321 bits per heavy atom. The van der Waals surface area contributed by atoms with Gasteiger partial charge in [0.05, 0.1) is 0 Å². The topological polar surface area (TPSA) is 104 Å². The van der Waals surface area contributed by atoms with Crippen LogP contribution < -0.4 is 0 Å². The predicted octanol–water partition coefficient (Wildman–Crippen LogP) is 11.9. The Kier molecular flexibility index (Phi) is 7.31. The van der Waals surface area contributed by atoms with Gasteiger partial charge in [0.2, 0.25) is 0 Å². The van der Waals surface area contributed by atoms with Gasteiger partial charge in [-0.1, -0.05) is 127 Å². The van der Waals surface area contributed by atoms with Crippen LogP contribution in [0.25, 0.3) is 112 Å². The zero-order valence-electron chi connectivity index (χ0n) is 29.7. The minimum Gasteiger partial charge on any atom is -0.455 e. The second-order valence-corrected chi connectivity index (χ2v) is 13.6. The van der Waals surface area contributed by atoms with Crippen LogP contribution in [0.3, 0.4) is 0 Å². The second-order valence-electron chi connectivity index (χ2n) is 13.6. The SMILES string of the molecule is c1ccc(-c2nc(-c3ccc(-c4ncncn4)cc3)nc(-c3cc(-c4cccc5c4oc4ccccc45)cc(-c4cccc5c4oc4ccccc45)c3)n2)cc1. The highest BCUT2D eigenvalue weighted by molar-refractivity contribution is 6.11. The van der Waals surface area contributed by atoms with Crippen molar-refractivity contribution in [2.24, 2.45) is 0 Å². The zero-order valence-corrected chi connectivity index (χ0v) is 29.7. The van der Waals surface area contributed by atoms with Gasteiger partial charge >= 0.3 is 0 Å². The smallest absolute Gasteiger partial charge is 0.164 e. The van der Waals surface area contributed by atoms with Gasteiger partial charge in [-0.3, -0.25) is 0 Å². The van der Waals surface area contributed by atoms with Crippen LogP contribution in [0.1, 0.15) is 0 Å². The molecule has 0 atom stereocenters. The molecule has 0 amide bonds. The Morgan fingerprint density at radius 2 is 0.750 bits per heavy atom. The Labute approximate surface area is 319 Å². The molecule has 0 aliphatic rings. The molecule has 0 N–H and O–H groups in total. The van der Waals surface area contributed by atoms with E-state index < -0.39 is 0 Å². The van der Waals surface area contributed by atoms with Crippen LogP contribution in [0, 0.1) is 0 Å². The number of para-hydroxylation sites is 4. The number of fused-ring (bicyclic) bond motifs is 6. The molecule has 4 heterocycles. The lowest BCUT2D eigenvalue weighted by atomic mass is 9.94. The number of hydrogen-bond donors (Lipinski definition) is 0. The number of furan rings is 2. The molecule has 8 nitrogen and oxygen atoms in total. The quantitative estimate of drug-likeness (QED) is 0.167. The fourth-order valence-corrected chi connectivity index (χ4v) is 7.52. The van der Waals surface area contributed by atoms with Gasteiger partial charge in [0, 0.05) is 54.9 Å². The van der Waals surface area contributed by atoms with E-state index in [-0.39, 0.29) is 0 Å². The Hall–Kier alpha value is -7.84. The molecule has 11 rings (SSSR count). The monoisotopic (exact) mass is 720 g/mol. The standard InChI is InChI=1S/C48H28N6O2/c1-2-10-29(11-3-1)46-52-47(31-22-20-30(21-23-31)45-50-27-49-28-51-45)54-48(53-46)34-25-32(35-14-8-16-39-37-12-4-6-18-41(37)55-43(35)39)24-33(26-34)36-15-9-17-40-38-13-5-7-19-42(38)56-44(36)40/h1-28H. The van der Waals surface area contributed by atoms with Crippen molar-refractivity contribution in [2.75, 3.05) is 0 Å². The molecule has 8 heteroatoms. The van der Waals surface area contributed by atoms with Crippen molar-refractivity contribution in [2.45, 2.75) is 0 Å². The summed E-state index contributed by atoms with van der Waals surface area (Å²) in [6, 6.07) is 53.3. The molecule has 262 valence electrons. The van der Waals surface area contributed by atoms with Crippen LogP contribution in [-0.2, 0) is 0 Å². The highest BCUT2D eigenvalue weighted by atomic mass is 16.3. The third kappa shape index (κ3) is 5.39. The van der Waals surface area contributed by atoms with E-state index in [1.807, 2.05) is 91.0 Å². The normalized spacial score (nSPS) is 11.6. The van der Waals surface area contributed by atoms with Crippen molar-refractivity contribution in [3.63, 3.8) is 0 Å². The van der Waals surface area contributed by atoms with Gasteiger partial charge in [-0.15, -0.1) is 0 Å². The summed E-state index contributed by atoms with van der Waals surface area (Å²) in [6.45, 7) is 0. The van der Waals surface area contributed by atoms with Gasteiger partial charge in [0.15, 0.2) is 23.3 Å². The molecule has 11 aromatic rings. The summed E-state index contributed by atoms with van der Waals surface area (Å²) in [7, 11) is 0. The highest BCUT2D eigenvalue weighted by Gasteiger charge is 2.19. The molecule has 0 spiro atoms. The van der Waals surface area contributed by atoms with Crippen LogP contribution in [0.2, 0.25) is 0 Å². The van der Waals surface area contributed by atoms with Gasteiger partial charge in [-0.25, -0.2) is 29.9 Å². The number of benzene rings is 7. The predicted molar refractivity (Wildman–Crippen MR) is 220 cm³/mol. The minimum atomic E-state index is 0.534. The van der Waals surface area contributed by atoms with E-state index in [1.165, 1.54) is 12.7 Å². The third-order valence-electron chi connectivity index (χ3n) is 10.2. The second kappa shape index (κ2) is 12.9. The molecule has 7 aromatic carbocycles. The zero-order chi connectivity index (χ0) is 37.0. The lowest BCUT2D eigenvalue weighted by Crippen LogP contribution is -2.01. The average molecular weight is 721 g/mol. The maximum atomic E-state index is 6.56. The molecular weight excluding hydrogens is 693 g/mol. The maximum Gasteiger partial charge on any atom is 0.164 e.